The van der Waals surface area contributed by atoms with Crippen LogP contribution in [-0.2, 0) is 22.6 Å². The fourth-order valence-electron chi connectivity index (χ4n) is 3.02. The normalized spacial score (nSPS) is 12.9. The molecule has 0 radical (unpaired) electrons. The molecule has 2 amide bonds. The van der Waals surface area contributed by atoms with Gasteiger partial charge in [0.05, 0.1) is 7.11 Å². The number of nitrogens with one attached hydrogen (secondary N) is 2. The van der Waals surface area contributed by atoms with Crippen LogP contribution in [-0.4, -0.2) is 29.1 Å². The van der Waals surface area contributed by atoms with Gasteiger partial charge in [-0.1, -0.05) is 17.3 Å². The molecule has 0 saturated heterocycles. The van der Waals surface area contributed by atoms with Gasteiger partial charge in [0, 0.05) is 36.6 Å². The Balaban J connectivity index is 1.21. The lowest BCUT2D eigenvalue weighted by molar-refractivity contribution is -0.121. The lowest BCUT2D eigenvalue weighted by Crippen LogP contribution is -2.23. The summed E-state index contributed by atoms with van der Waals surface area (Å²) in [4.78, 5) is 28.3. The third kappa shape index (κ3) is 5.69. The summed E-state index contributed by atoms with van der Waals surface area (Å²) >= 11 is 0. The minimum atomic E-state index is -0.102. The summed E-state index contributed by atoms with van der Waals surface area (Å²) < 4.78 is 10.4. The summed E-state index contributed by atoms with van der Waals surface area (Å²) in [7, 11) is 1.61. The summed E-state index contributed by atoms with van der Waals surface area (Å²) in [6.45, 7) is 0.413. The van der Waals surface area contributed by atoms with Gasteiger partial charge >= 0.3 is 0 Å². The average molecular weight is 420 g/mol. The van der Waals surface area contributed by atoms with E-state index in [1.54, 1.807) is 7.11 Å². The molecule has 8 nitrogen and oxygen atoms in total. The van der Waals surface area contributed by atoms with E-state index in [0.29, 0.717) is 24.7 Å². The van der Waals surface area contributed by atoms with E-state index >= 15 is 0 Å². The minimum Gasteiger partial charge on any atom is -0.497 e. The highest BCUT2D eigenvalue weighted by molar-refractivity contribution is 5.94. The highest BCUT2D eigenvalue weighted by atomic mass is 16.5. The third-order valence-electron chi connectivity index (χ3n) is 5.04. The summed E-state index contributed by atoms with van der Waals surface area (Å²) in [6, 6.07) is 14.8. The number of ether oxygens (including phenoxy) is 1. The molecule has 1 aliphatic carbocycles. The van der Waals surface area contributed by atoms with E-state index in [0.717, 1.165) is 35.4 Å². The number of hydrogen-bond donors (Lipinski definition) is 2. The molecule has 1 heterocycles. The van der Waals surface area contributed by atoms with Crippen LogP contribution in [0.2, 0.25) is 0 Å². The predicted octanol–water partition coefficient (Wildman–Crippen LogP) is 3.34. The number of aromatic nitrogens is 2. The fourth-order valence-corrected chi connectivity index (χ4v) is 3.02. The Bertz CT molecular complexity index is 1040. The number of carbonyl (C=O) groups is 2. The van der Waals surface area contributed by atoms with Gasteiger partial charge in [0.15, 0.2) is 0 Å². The summed E-state index contributed by atoms with van der Waals surface area (Å²) in [5.41, 5.74) is 2.55. The molecule has 8 heteroatoms. The van der Waals surface area contributed by atoms with Crippen molar-refractivity contribution >= 4 is 17.5 Å². The maximum Gasteiger partial charge on any atom is 0.227 e. The highest BCUT2D eigenvalue weighted by Gasteiger charge is 2.29. The summed E-state index contributed by atoms with van der Waals surface area (Å²) in [6.07, 6.45) is 2.56. The van der Waals surface area contributed by atoms with E-state index in [1.807, 2.05) is 48.5 Å². The van der Waals surface area contributed by atoms with Gasteiger partial charge in [0.1, 0.15) is 5.75 Å². The van der Waals surface area contributed by atoms with Crippen LogP contribution < -0.4 is 15.4 Å². The highest BCUT2D eigenvalue weighted by Crippen LogP contribution is 2.30. The zero-order valence-electron chi connectivity index (χ0n) is 17.3. The van der Waals surface area contributed by atoms with E-state index in [-0.39, 0.29) is 24.2 Å². The van der Waals surface area contributed by atoms with Crippen molar-refractivity contribution in [3.8, 4) is 17.1 Å². The van der Waals surface area contributed by atoms with Gasteiger partial charge in [-0.25, -0.2) is 0 Å². The van der Waals surface area contributed by atoms with Crippen LogP contribution in [0, 0.1) is 5.92 Å². The largest absolute Gasteiger partial charge is 0.497 e. The van der Waals surface area contributed by atoms with Gasteiger partial charge < -0.3 is 19.9 Å². The molecule has 0 aliphatic heterocycles. The van der Waals surface area contributed by atoms with Crippen molar-refractivity contribution in [1.82, 2.24) is 15.5 Å². The SMILES string of the molecule is COc1ccc(-c2noc(CCC(=O)NCc3ccc(NC(=O)C4CC4)cc3)n2)cc1. The minimum absolute atomic E-state index is 0.0808. The van der Waals surface area contributed by atoms with Gasteiger partial charge in [0.25, 0.3) is 0 Å². The molecule has 1 saturated carbocycles. The van der Waals surface area contributed by atoms with Crippen LogP contribution in [0.4, 0.5) is 5.69 Å². The second-order valence-electron chi connectivity index (χ2n) is 7.48. The van der Waals surface area contributed by atoms with Crippen molar-refractivity contribution in [3.63, 3.8) is 0 Å². The van der Waals surface area contributed by atoms with Crippen molar-refractivity contribution in [3.05, 3.63) is 60.0 Å². The van der Waals surface area contributed by atoms with Crippen LogP contribution in [0.1, 0.15) is 30.7 Å². The lowest BCUT2D eigenvalue weighted by Gasteiger charge is -2.07. The van der Waals surface area contributed by atoms with Crippen LogP contribution in [0.15, 0.2) is 53.1 Å². The van der Waals surface area contributed by atoms with Crippen LogP contribution in [0.5, 0.6) is 5.75 Å². The first-order valence-electron chi connectivity index (χ1n) is 10.2. The first-order valence-corrected chi connectivity index (χ1v) is 10.2. The van der Waals surface area contributed by atoms with Crippen molar-refractivity contribution in [2.45, 2.75) is 32.2 Å². The second kappa shape index (κ2) is 9.42. The molecule has 1 aromatic heterocycles. The predicted molar refractivity (Wildman–Crippen MR) is 114 cm³/mol. The van der Waals surface area contributed by atoms with E-state index in [1.165, 1.54) is 0 Å². The number of benzene rings is 2. The Morgan fingerprint density at radius 3 is 2.52 bits per heavy atom. The molecule has 0 unspecified atom stereocenters. The van der Waals surface area contributed by atoms with Gasteiger partial charge in [-0.3, -0.25) is 9.59 Å². The molecule has 0 spiro atoms. The van der Waals surface area contributed by atoms with Crippen molar-refractivity contribution in [2.24, 2.45) is 5.92 Å². The molecule has 2 N–H and O–H groups in total. The molecule has 160 valence electrons. The summed E-state index contributed by atoms with van der Waals surface area (Å²) in [5.74, 6) is 1.79. The number of anilines is 1. The van der Waals surface area contributed by atoms with Gasteiger partial charge in [-0.15, -0.1) is 0 Å². The van der Waals surface area contributed by atoms with Gasteiger partial charge in [0.2, 0.25) is 23.5 Å². The number of methoxy groups -OCH3 is 1. The Hall–Kier alpha value is -3.68. The standard InChI is InChI=1S/C23H24N4O4/c1-30-19-10-6-16(7-11-19)22-26-21(31-27-22)13-12-20(28)24-14-15-2-8-18(9-3-15)25-23(29)17-4-5-17/h2-3,6-11,17H,4-5,12-14H2,1H3,(H,24,28)(H,25,29). The fraction of sp³-hybridized carbons (Fsp3) is 0.304. The van der Waals surface area contributed by atoms with Gasteiger partial charge in [-0.05, 0) is 54.8 Å². The van der Waals surface area contributed by atoms with Crippen LogP contribution >= 0.6 is 0 Å². The van der Waals surface area contributed by atoms with Gasteiger partial charge in [-0.2, -0.15) is 4.98 Å². The molecule has 1 aliphatic rings. The molecule has 1 fully saturated rings. The van der Waals surface area contributed by atoms with E-state index < -0.39 is 0 Å². The molecule has 2 aromatic carbocycles. The average Bonchev–Trinajstić information content (AvgIpc) is 3.55. The molecular formula is C23H24N4O4. The third-order valence-corrected chi connectivity index (χ3v) is 5.04. The van der Waals surface area contributed by atoms with Crippen molar-refractivity contribution < 1.29 is 18.8 Å². The van der Waals surface area contributed by atoms with E-state index in [2.05, 4.69) is 20.8 Å². The molecule has 4 rings (SSSR count). The monoisotopic (exact) mass is 420 g/mol. The maximum atomic E-state index is 12.2. The first-order chi connectivity index (χ1) is 15.1. The zero-order valence-corrected chi connectivity index (χ0v) is 17.3. The molecule has 0 atom stereocenters. The Morgan fingerprint density at radius 2 is 1.84 bits per heavy atom. The lowest BCUT2D eigenvalue weighted by atomic mass is 10.2. The number of nitrogens with zero attached hydrogens (tertiary/aromatic N) is 2. The van der Waals surface area contributed by atoms with Crippen molar-refractivity contribution in [2.75, 3.05) is 12.4 Å². The topological polar surface area (TPSA) is 106 Å². The number of aryl methyl sites for hydroxylation is 1. The quantitative estimate of drug-likeness (QED) is 0.550. The molecule has 3 aromatic rings. The molecule has 0 bridgehead atoms. The van der Waals surface area contributed by atoms with Crippen LogP contribution in [0.3, 0.4) is 0 Å². The Morgan fingerprint density at radius 1 is 1.10 bits per heavy atom. The number of hydrogen-bond acceptors (Lipinski definition) is 6. The first kappa shape index (κ1) is 20.6. The Labute approximate surface area is 180 Å². The Kier molecular flexibility index (Phi) is 6.26. The van der Waals surface area contributed by atoms with Crippen molar-refractivity contribution in [1.29, 1.82) is 0 Å². The number of carbonyl (C=O) groups excluding carboxylic acids is 2. The van der Waals surface area contributed by atoms with Crippen LogP contribution in [0.25, 0.3) is 11.4 Å². The number of rotatable bonds is 9. The molecule has 31 heavy (non-hydrogen) atoms. The molecular weight excluding hydrogens is 396 g/mol. The number of amides is 2. The maximum absolute atomic E-state index is 12.2. The smallest absolute Gasteiger partial charge is 0.227 e. The second-order valence-corrected chi connectivity index (χ2v) is 7.48. The zero-order chi connectivity index (χ0) is 21.6. The summed E-state index contributed by atoms with van der Waals surface area (Å²) in [5, 5.41) is 9.75. The van der Waals surface area contributed by atoms with E-state index in [4.69, 9.17) is 9.26 Å². The van der Waals surface area contributed by atoms with E-state index in [9.17, 15) is 9.59 Å².